The fourth-order valence-electron chi connectivity index (χ4n) is 0.873. The standard InChI is InChI=1S/C9H18O3/c1-4-8(7-11-5-2)9(10)12-6-3/h8H,4-7H2,1-3H3. The lowest BCUT2D eigenvalue weighted by atomic mass is 10.1. The first-order valence-corrected chi connectivity index (χ1v) is 4.50. The average molecular weight is 174 g/mol. The van der Waals surface area contributed by atoms with Gasteiger partial charge in [0.1, 0.15) is 0 Å². The second-order valence-electron chi connectivity index (χ2n) is 2.52. The van der Waals surface area contributed by atoms with Crippen molar-refractivity contribution in [3.8, 4) is 0 Å². The first kappa shape index (κ1) is 11.4. The van der Waals surface area contributed by atoms with Crippen LogP contribution in [0.15, 0.2) is 0 Å². The third-order valence-electron chi connectivity index (χ3n) is 1.64. The molecule has 0 aromatic heterocycles. The third kappa shape index (κ3) is 4.34. The van der Waals surface area contributed by atoms with Gasteiger partial charge >= 0.3 is 5.97 Å². The summed E-state index contributed by atoms with van der Waals surface area (Å²) in [6, 6.07) is 0. The Morgan fingerprint density at radius 3 is 2.33 bits per heavy atom. The van der Waals surface area contributed by atoms with Crippen LogP contribution in [0.1, 0.15) is 27.2 Å². The molecule has 72 valence electrons. The molecule has 3 heteroatoms. The van der Waals surface area contributed by atoms with Gasteiger partial charge in [0.2, 0.25) is 0 Å². The van der Waals surface area contributed by atoms with Gasteiger partial charge in [0.05, 0.1) is 19.1 Å². The summed E-state index contributed by atoms with van der Waals surface area (Å²) in [5.74, 6) is -0.238. The van der Waals surface area contributed by atoms with Crippen molar-refractivity contribution in [3.05, 3.63) is 0 Å². The smallest absolute Gasteiger partial charge is 0.311 e. The van der Waals surface area contributed by atoms with Crippen LogP contribution in [0.4, 0.5) is 0 Å². The van der Waals surface area contributed by atoms with Gasteiger partial charge in [0, 0.05) is 6.61 Å². The van der Waals surface area contributed by atoms with Gasteiger partial charge in [0.15, 0.2) is 0 Å². The van der Waals surface area contributed by atoms with Gasteiger partial charge in [-0.2, -0.15) is 0 Å². The molecule has 1 atom stereocenters. The normalized spacial score (nSPS) is 12.6. The van der Waals surface area contributed by atoms with E-state index in [-0.39, 0.29) is 11.9 Å². The van der Waals surface area contributed by atoms with Crippen molar-refractivity contribution in [2.24, 2.45) is 5.92 Å². The number of carbonyl (C=O) groups is 1. The molecule has 0 heterocycles. The highest BCUT2D eigenvalue weighted by Crippen LogP contribution is 2.05. The van der Waals surface area contributed by atoms with E-state index in [2.05, 4.69) is 0 Å². The van der Waals surface area contributed by atoms with Crippen molar-refractivity contribution >= 4 is 5.97 Å². The Labute approximate surface area is 74.0 Å². The largest absolute Gasteiger partial charge is 0.466 e. The first-order chi connectivity index (χ1) is 5.76. The minimum absolute atomic E-state index is 0.0927. The number of carbonyl (C=O) groups excluding carboxylic acids is 1. The summed E-state index contributed by atoms with van der Waals surface area (Å²) < 4.78 is 10.0. The van der Waals surface area contributed by atoms with Crippen LogP contribution in [0.2, 0.25) is 0 Å². The van der Waals surface area contributed by atoms with Gasteiger partial charge < -0.3 is 9.47 Å². The van der Waals surface area contributed by atoms with Crippen LogP contribution in [-0.4, -0.2) is 25.8 Å². The minimum Gasteiger partial charge on any atom is -0.466 e. The molecule has 1 unspecified atom stereocenters. The highest BCUT2D eigenvalue weighted by molar-refractivity contribution is 5.72. The molecule has 0 radical (unpaired) electrons. The molecule has 0 saturated heterocycles. The molecule has 0 N–H and O–H groups in total. The average Bonchev–Trinajstić information content (AvgIpc) is 2.06. The summed E-state index contributed by atoms with van der Waals surface area (Å²) in [7, 11) is 0. The molecule has 3 nitrogen and oxygen atoms in total. The Hall–Kier alpha value is -0.570. The molecule has 0 aliphatic rings. The van der Waals surface area contributed by atoms with Gasteiger partial charge in [0.25, 0.3) is 0 Å². The Morgan fingerprint density at radius 1 is 1.25 bits per heavy atom. The molecule has 0 rings (SSSR count). The highest BCUT2D eigenvalue weighted by Gasteiger charge is 2.16. The fraction of sp³-hybridized carbons (Fsp3) is 0.889. The van der Waals surface area contributed by atoms with Crippen LogP contribution in [-0.2, 0) is 14.3 Å². The highest BCUT2D eigenvalue weighted by atomic mass is 16.5. The van der Waals surface area contributed by atoms with Crippen LogP contribution >= 0.6 is 0 Å². The lowest BCUT2D eigenvalue weighted by Crippen LogP contribution is -2.22. The zero-order chi connectivity index (χ0) is 9.40. The van der Waals surface area contributed by atoms with E-state index in [4.69, 9.17) is 9.47 Å². The van der Waals surface area contributed by atoms with Crippen LogP contribution in [0.5, 0.6) is 0 Å². The van der Waals surface area contributed by atoms with Crippen LogP contribution in [0.3, 0.4) is 0 Å². The molecule has 0 fully saturated rings. The van der Waals surface area contributed by atoms with Gasteiger partial charge in [-0.3, -0.25) is 4.79 Å². The third-order valence-corrected chi connectivity index (χ3v) is 1.64. The molecular weight excluding hydrogens is 156 g/mol. The topological polar surface area (TPSA) is 35.5 Å². The van der Waals surface area contributed by atoms with Crippen LogP contribution in [0, 0.1) is 5.92 Å². The summed E-state index contributed by atoms with van der Waals surface area (Å²) in [6.45, 7) is 7.26. The maximum Gasteiger partial charge on any atom is 0.311 e. The van der Waals surface area contributed by atoms with E-state index in [1.807, 2.05) is 20.8 Å². The molecule has 0 spiro atoms. The van der Waals surface area contributed by atoms with E-state index in [1.54, 1.807) is 0 Å². The lowest BCUT2D eigenvalue weighted by molar-refractivity contribution is -0.150. The fourth-order valence-corrected chi connectivity index (χ4v) is 0.873. The Balaban J connectivity index is 3.71. The number of ether oxygens (including phenoxy) is 2. The quantitative estimate of drug-likeness (QED) is 0.574. The SMILES string of the molecule is CCOCC(CC)C(=O)OCC. The predicted octanol–water partition coefficient (Wildman–Crippen LogP) is 1.61. The van der Waals surface area contributed by atoms with E-state index >= 15 is 0 Å². The Morgan fingerprint density at radius 2 is 1.92 bits per heavy atom. The van der Waals surface area contributed by atoms with E-state index < -0.39 is 0 Å². The Bertz CT molecular complexity index is 123. The monoisotopic (exact) mass is 174 g/mol. The Kier molecular flexibility index (Phi) is 6.76. The van der Waals surface area contributed by atoms with Gasteiger partial charge in [-0.1, -0.05) is 6.92 Å². The number of esters is 1. The van der Waals surface area contributed by atoms with Crippen LogP contribution < -0.4 is 0 Å². The summed E-state index contributed by atoms with van der Waals surface area (Å²) >= 11 is 0. The number of hydrogen-bond donors (Lipinski definition) is 0. The molecule has 0 aliphatic heterocycles. The van der Waals surface area contributed by atoms with Gasteiger partial charge in [-0.15, -0.1) is 0 Å². The van der Waals surface area contributed by atoms with Crippen molar-refractivity contribution in [3.63, 3.8) is 0 Å². The summed E-state index contributed by atoms with van der Waals surface area (Å²) in [5.41, 5.74) is 0. The zero-order valence-corrected chi connectivity index (χ0v) is 8.13. The van der Waals surface area contributed by atoms with Crippen molar-refractivity contribution in [1.29, 1.82) is 0 Å². The molecule has 12 heavy (non-hydrogen) atoms. The summed E-state index contributed by atoms with van der Waals surface area (Å²) in [4.78, 5) is 11.2. The maximum absolute atomic E-state index is 11.2. The predicted molar refractivity (Wildman–Crippen MR) is 46.9 cm³/mol. The molecule has 0 saturated carbocycles. The lowest BCUT2D eigenvalue weighted by Gasteiger charge is -2.12. The minimum atomic E-state index is -0.145. The second kappa shape index (κ2) is 7.10. The molecule has 0 amide bonds. The molecule has 0 aromatic rings. The second-order valence-corrected chi connectivity index (χ2v) is 2.52. The zero-order valence-electron chi connectivity index (χ0n) is 8.13. The molecule has 0 aromatic carbocycles. The van der Waals surface area contributed by atoms with Gasteiger partial charge in [-0.05, 0) is 20.3 Å². The van der Waals surface area contributed by atoms with Crippen LogP contribution in [0.25, 0.3) is 0 Å². The maximum atomic E-state index is 11.2. The number of rotatable bonds is 6. The van der Waals surface area contributed by atoms with E-state index in [0.29, 0.717) is 19.8 Å². The number of hydrogen-bond acceptors (Lipinski definition) is 3. The summed E-state index contributed by atoms with van der Waals surface area (Å²) in [5, 5.41) is 0. The van der Waals surface area contributed by atoms with Gasteiger partial charge in [-0.25, -0.2) is 0 Å². The van der Waals surface area contributed by atoms with Crippen molar-refractivity contribution in [1.82, 2.24) is 0 Å². The summed E-state index contributed by atoms with van der Waals surface area (Å²) in [6.07, 6.45) is 0.777. The molecule has 0 aliphatic carbocycles. The van der Waals surface area contributed by atoms with E-state index in [9.17, 15) is 4.79 Å². The molecular formula is C9H18O3. The van der Waals surface area contributed by atoms with Crippen molar-refractivity contribution in [2.75, 3.05) is 19.8 Å². The van der Waals surface area contributed by atoms with E-state index in [0.717, 1.165) is 6.42 Å². The van der Waals surface area contributed by atoms with E-state index in [1.165, 1.54) is 0 Å². The van der Waals surface area contributed by atoms with Crippen molar-refractivity contribution in [2.45, 2.75) is 27.2 Å². The van der Waals surface area contributed by atoms with Crippen molar-refractivity contribution < 1.29 is 14.3 Å². The first-order valence-electron chi connectivity index (χ1n) is 4.50. The molecule has 0 bridgehead atoms.